The van der Waals surface area contributed by atoms with Gasteiger partial charge < -0.3 is 14.6 Å². The monoisotopic (exact) mass is 447 g/mol. The van der Waals surface area contributed by atoms with E-state index >= 15 is 0 Å². The molecule has 6 heteroatoms. The molecule has 0 unspecified atom stereocenters. The second-order valence-electron chi connectivity index (χ2n) is 8.38. The minimum absolute atomic E-state index is 0.229. The van der Waals surface area contributed by atoms with E-state index in [0.717, 1.165) is 42.1 Å². The lowest BCUT2D eigenvalue weighted by Crippen LogP contribution is -2.21. The predicted octanol–water partition coefficient (Wildman–Crippen LogP) is 6.24. The molecule has 0 aliphatic carbocycles. The van der Waals surface area contributed by atoms with E-state index < -0.39 is 5.97 Å². The van der Waals surface area contributed by atoms with Gasteiger partial charge in [0.05, 0.1) is 33.6 Å². The number of ether oxygens (including phenoxy) is 2. The highest BCUT2D eigenvalue weighted by atomic mass is 32.1. The van der Waals surface area contributed by atoms with Gasteiger partial charge in [0, 0.05) is 17.9 Å². The van der Waals surface area contributed by atoms with Crippen molar-refractivity contribution in [2.45, 2.75) is 26.7 Å². The van der Waals surface area contributed by atoms with Crippen molar-refractivity contribution in [3.63, 3.8) is 0 Å². The van der Waals surface area contributed by atoms with Gasteiger partial charge in [-0.2, -0.15) is 0 Å². The van der Waals surface area contributed by atoms with Gasteiger partial charge in [-0.05, 0) is 67.3 Å². The molecule has 32 heavy (non-hydrogen) atoms. The van der Waals surface area contributed by atoms with Crippen LogP contribution in [-0.4, -0.2) is 35.9 Å². The summed E-state index contributed by atoms with van der Waals surface area (Å²) >= 11 is 1.65. The summed E-state index contributed by atoms with van der Waals surface area (Å²) in [5.74, 6) is 0.0300. The Kier molecular flexibility index (Phi) is 5.57. The van der Waals surface area contributed by atoms with Crippen LogP contribution < -0.4 is 4.74 Å². The van der Waals surface area contributed by atoms with Crippen molar-refractivity contribution in [3.05, 3.63) is 59.2 Å². The second kappa shape index (κ2) is 8.52. The van der Waals surface area contributed by atoms with Crippen LogP contribution in [-0.2, 0) is 4.74 Å². The topological polar surface area (TPSA) is 68.7 Å². The van der Waals surface area contributed by atoms with Crippen LogP contribution in [0.4, 0.5) is 0 Å². The Bertz CT molecular complexity index is 1320. The second-order valence-corrected chi connectivity index (χ2v) is 9.44. The summed E-state index contributed by atoms with van der Waals surface area (Å²) in [6, 6.07) is 13.8. The highest BCUT2D eigenvalue weighted by Crippen LogP contribution is 2.40. The highest BCUT2D eigenvalue weighted by Gasteiger charge is 2.22. The van der Waals surface area contributed by atoms with Gasteiger partial charge in [0.15, 0.2) is 0 Å². The lowest BCUT2D eigenvalue weighted by molar-refractivity contribution is 0.0500. The van der Waals surface area contributed by atoms with E-state index in [-0.39, 0.29) is 5.56 Å². The maximum Gasteiger partial charge on any atom is 0.336 e. The standard InChI is InChI=1S/C26H25NO4S/c1-15-7-8-21(31-14-17-9-11-30-12-10-17)23-19(26(28)29)13-20(27-24(15)23)25-16(2)18-5-3-4-6-22(18)32-25/h3-8,13,17H,9-12,14H2,1-2H3,(H,28,29). The average Bonchev–Trinajstić information content (AvgIpc) is 3.15. The van der Waals surface area contributed by atoms with Gasteiger partial charge in [0.25, 0.3) is 0 Å². The predicted molar refractivity (Wildman–Crippen MR) is 128 cm³/mol. The zero-order valence-corrected chi connectivity index (χ0v) is 19.0. The van der Waals surface area contributed by atoms with Gasteiger partial charge in [0.2, 0.25) is 0 Å². The summed E-state index contributed by atoms with van der Waals surface area (Å²) in [6.07, 6.45) is 1.92. The number of nitrogens with zero attached hydrogens (tertiary/aromatic N) is 1. The molecule has 1 fully saturated rings. The summed E-state index contributed by atoms with van der Waals surface area (Å²) in [4.78, 5) is 18.3. The fourth-order valence-corrected chi connectivity index (χ4v) is 5.56. The summed E-state index contributed by atoms with van der Waals surface area (Å²) in [7, 11) is 0. The quantitative estimate of drug-likeness (QED) is 0.392. The molecule has 164 valence electrons. The van der Waals surface area contributed by atoms with Crippen LogP contribution in [0, 0.1) is 19.8 Å². The first-order valence-electron chi connectivity index (χ1n) is 10.9. The van der Waals surface area contributed by atoms with E-state index in [4.69, 9.17) is 14.5 Å². The zero-order chi connectivity index (χ0) is 22.2. The number of aromatic carboxylic acids is 1. The molecule has 2 aromatic heterocycles. The van der Waals surface area contributed by atoms with Gasteiger partial charge >= 0.3 is 5.97 Å². The molecule has 0 spiro atoms. The van der Waals surface area contributed by atoms with E-state index in [9.17, 15) is 9.90 Å². The first kappa shape index (κ1) is 20.9. The van der Waals surface area contributed by atoms with Crippen LogP contribution in [0.5, 0.6) is 5.75 Å². The van der Waals surface area contributed by atoms with E-state index in [1.165, 1.54) is 10.1 Å². The minimum Gasteiger partial charge on any atom is -0.493 e. The number of fused-ring (bicyclic) bond motifs is 2. The van der Waals surface area contributed by atoms with Crippen molar-refractivity contribution in [2.24, 2.45) is 5.92 Å². The first-order chi connectivity index (χ1) is 15.5. The first-order valence-corrected chi connectivity index (χ1v) is 11.7. The Balaban J connectivity index is 1.63. The number of aromatic nitrogens is 1. The van der Waals surface area contributed by atoms with Crippen LogP contribution in [0.1, 0.15) is 34.3 Å². The SMILES string of the molecule is Cc1c(-c2cc(C(=O)O)c3c(OCC4CCOCC4)ccc(C)c3n2)sc2ccccc12. The zero-order valence-electron chi connectivity index (χ0n) is 18.2. The van der Waals surface area contributed by atoms with Gasteiger partial charge in [-0.25, -0.2) is 9.78 Å². The molecule has 0 atom stereocenters. The third-order valence-corrected chi connectivity index (χ3v) is 7.54. The Labute approximate surface area is 190 Å². The Hall–Kier alpha value is -2.96. The largest absolute Gasteiger partial charge is 0.493 e. The maximum atomic E-state index is 12.3. The normalized spacial score (nSPS) is 14.8. The highest BCUT2D eigenvalue weighted by molar-refractivity contribution is 7.22. The summed E-state index contributed by atoms with van der Waals surface area (Å²) in [6.45, 7) is 6.09. The number of benzene rings is 2. The molecule has 1 N–H and O–H groups in total. The van der Waals surface area contributed by atoms with Crippen molar-refractivity contribution < 1.29 is 19.4 Å². The molecule has 0 bridgehead atoms. The molecule has 5 rings (SSSR count). The van der Waals surface area contributed by atoms with Gasteiger partial charge in [-0.15, -0.1) is 11.3 Å². The van der Waals surface area contributed by atoms with E-state index in [2.05, 4.69) is 19.1 Å². The van der Waals surface area contributed by atoms with E-state index in [1.807, 2.05) is 31.2 Å². The van der Waals surface area contributed by atoms with Crippen molar-refractivity contribution >= 4 is 38.3 Å². The van der Waals surface area contributed by atoms with Crippen LogP contribution >= 0.6 is 11.3 Å². The molecule has 1 aliphatic heterocycles. The number of hydrogen-bond donors (Lipinski definition) is 1. The fourth-order valence-electron chi connectivity index (χ4n) is 4.39. The van der Waals surface area contributed by atoms with Crippen LogP contribution in [0.15, 0.2) is 42.5 Å². The van der Waals surface area contributed by atoms with Crippen molar-refractivity contribution in [1.29, 1.82) is 0 Å². The lowest BCUT2D eigenvalue weighted by Gasteiger charge is -2.23. The van der Waals surface area contributed by atoms with Crippen molar-refractivity contribution in [3.8, 4) is 16.3 Å². The molecule has 1 aliphatic rings. The van der Waals surface area contributed by atoms with Crippen molar-refractivity contribution in [2.75, 3.05) is 19.8 Å². The Morgan fingerprint density at radius 3 is 2.72 bits per heavy atom. The molecule has 5 nitrogen and oxygen atoms in total. The number of carbonyl (C=O) groups is 1. The number of carboxylic acids is 1. The number of aryl methyl sites for hydroxylation is 2. The molecule has 4 aromatic rings. The molecular weight excluding hydrogens is 422 g/mol. The number of hydrogen-bond acceptors (Lipinski definition) is 5. The minimum atomic E-state index is -0.973. The van der Waals surface area contributed by atoms with Crippen LogP contribution in [0.25, 0.3) is 31.6 Å². The maximum absolute atomic E-state index is 12.3. The Morgan fingerprint density at radius 1 is 1.19 bits per heavy atom. The molecule has 0 radical (unpaired) electrons. The van der Waals surface area contributed by atoms with Crippen LogP contribution in [0.3, 0.4) is 0 Å². The summed E-state index contributed by atoms with van der Waals surface area (Å²) < 4.78 is 12.8. The van der Waals surface area contributed by atoms with Crippen molar-refractivity contribution in [1.82, 2.24) is 4.98 Å². The Morgan fingerprint density at radius 2 is 1.97 bits per heavy atom. The third kappa shape index (κ3) is 3.74. The lowest BCUT2D eigenvalue weighted by atomic mass is 10.0. The molecule has 0 saturated carbocycles. The smallest absolute Gasteiger partial charge is 0.336 e. The third-order valence-electron chi connectivity index (χ3n) is 6.25. The van der Waals surface area contributed by atoms with E-state index in [1.54, 1.807) is 17.4 Å². The molecular formula is C26H25NO4S. The molecule has 2 aromatic carbocycles. The molecule has 3 heterocycles. The number of carboxylic acid groups (broad SMARTS) is 1. The van der Waals surface area contributed by atoms with Crippen LogP contribution in [0.2, 0.25) is 0 Å². The fraction of sp³-hybridized carbons (Fsp3) is 0.308. The number of rotatable bonds is 5. The summed E-state index contributed by atoms with van der Waals surface area (Å²) in [5.41, 5.74) is 3.66. The summed E-state index contributed by atoms with van der Waals surface area (Å²) in [5, 5.41) is 11.9. The van der Waals surface area contributed by atoms with E-state index in [0.29, 0.717) is 34.9 Å². The van der Waals surface area contributed by atoms with Gasteiger partial charge in [0.1, 0.15) is 5.75 Å². The van der Waals surface area contributed by atoms with Gasteiger partial charge in [-0.3, -0.25) is 0 Å². The number of thiophene rings is 1. The molecule has 1 saturated heterocycles. The number of pyridine rings is 1. The molecule has 0 amide bonds. The average molecular weight is 448 g/mol. The van der Waals surface area contributed by atoms with Gasteiger partial charge in [-0.1, -0.05) is 24.3 Å².